The average molecular weight is 691 g/mol. The molecule has 0 amide bonds. The molecule has 1 aromatic carbocycles. The zero-order valence-electron chi connectivity index (χ0n) is 27.5. The summed E-state index contributed by atoms with van der Waals surface area (Å²) < 4.78 is 54.6. The molecule has 1 saturated heterocycles. The molecule has 48 heavy (non-hydrogen) atoms. The first-order chi connectivity index (χ1) is 22.6. The van der Waals surface area contributed by atoms with Gasteiger partial charge in [-0.15, -0.1) is 6.42 Å². The molecular weight excluding hydrogens is 650 g/mol. The molecule has 0 radical (unpaired) electrons. The van der Waals surface area contributed by atoms with Gasteiger partial charge in [0.2, 0.25) is 5.67 Å². The fraction of sp³-hybridized carbons (Fsp3) is 0.516. The average Bonchev–Trinajstić information content (AvgIpc) is 3.56. The van der Waals surface area contributed by atoms with Crippen LogP contribution in [-0.4, -0.2) is 98.8 Å². The number of esters is 1. The maximum Gasteiger partial charge on any atom is 0.459 e. The van der Waals surface area contributed by atoms with Gasteiger partial charge in [-0.2, -0.15) is 5.09 Å². The third-order valence-electron chi connectivity index (χ3n) is 7.36. The molecule has 0 saturated carbocycles. The Kier molecular flexibility index (Phi) is 11.6. The number of halogens is 1. The number of aryl methyl sites for hydroxylation is 2. The summed E-state index contributed by atoms with van der Waals surface area (Å²) in [6.07, 6.45) is 1.42. The summed E-state index contributed by atoms with van der Waals surface area (Å²) in [4.78, 5) is 39.2. The Balaban J connectivity index is 1.64. The van der Waals surface area contributed by atoms with Crippen molar-refractivity contribution in [3.63, 3.8) is 0 Å². The summed E-state index contributed by atoms with van der Waals surface area (Å²) in [6.45, 7) is 4.97. The third-order valence-corrected chi connectivity index (χ3v) is 8.99. The zero-order valence-corrected chi connectivity index (χ0v) is 28.4. The molecule has 4 rings (SSSR count). The van der Waals surface area contributed by atoms with Crippen molar-refractivity contribution in [3.8, 4) is 18.1 Å². The number of nitrogens with zero attached hydrogens (tertiary/aromatic N) is 5. The van der Waals surface area contributed by atoms with E-state index in [4.69, 9.17) is 30.1 Å². The van der Waals surface area contributed by atoms with Crippen LogP contribution >= 0.6 is 7.75 Å². The van der Waals surface area contributed by atoms with E-state index in [1.807, 2.05) is 5.92 Å². The van der Waals surface area contributed by atoms with Crippen LogP contribution in [0, 0.1) is 19.3 Å². The number of rotatable bonds is 15. The molecule has 17 heteroatoms. The lowest BCUT2D eigenvalue weighted by atomic mass is 9.97. The summed E-state index contributed by atoms with van der Waals surface area (Å²) in [5, 5.41) is 22.8. The summed E-state index contributed by atoms with van der Waals surface area (Å²) >= 11 is 0. The number of imidazole rings is 1. The molecule has 3 heterocycles. The molecule has 15 nitrogen and oxygen atoms in total. The van der Waals surface area contributed by atoms with Crippen molar-refractivity contribution in [2.24, 2.45) is 0 Å². The first-order valence-electron chi connectivity index (χ1n) is 15.1. The molecule has 1 aliphatic heterocycles. The molecular formula is C31H40FN6O9P. The van der Waals surface area contributed by atoms with Crippen molar-refractivity contribution in [3.05, 3.63) is 42.0 Å². The number of nitrogens with one attached hydrogen (secondary N) is 1. The second-order valence-corrected chi connectivity index (χ2v) is 13.4. The molecule has 1 fully saturated rings. The number of Topliss-reactive ketones (excluding diaryl/α,β-unsaturated/α-hetero) is 1. The zero-order chi connectivity index (χ0) is 35.4. The molecule has 260 valence electrons. The largest absolute Gasteiger partial charge is 0.462 e. The molecule has 1 unspecified atom stereocenters. The van der Waals surface area contributed by atoms with E-state index in [0.717, 1.165) is 0 Å². The summed E-state index contributed by atoms with van der Waals surface area (Å²) in [5.41, 5.74) is -1.81. The van der Waals surface area contributed by atoms with E-state index in [9.17, 15) is 19.3 Å². The Bertz CT molecular complexity index is 1730. The van der Waals surface area contributed by atoms with Gasteiger partial charge in [-0.3, -0.25) is 18.7 Å². The maximum atomic E-state index is 16.4. The SMILES string of the molecule is C#C[C@@]1(F)[C@H](O)[C@@H](COP(=O)(N[C@@H](C)C(=O)OC(C)C)Oc2ccccc2CCC(=O)CO)O[C@H]1n1cnc2c(N(C)C)nc(C)nc21. The molecule has 1 aliphatic rings. The van der Waals surface area contributed by atoms with Gasteiger partial charge in [0.15, 0.2) is 29.0 Å². The molecule has 3 N–H and O–H groups in total. The number of aromatic nitrogens is 4. The number of anilines is 1. The van der Waals surface area contributed by atoms with Gasteiger partial charge < -0.3 is 29.1 Å². The highest BCUT2D eigenvalue weighted by molar-refractivity contribution is 7.52. The van der Waals surface area contributed by atoms with E-state index in [1.165, 1.54) is 23.9 Å². The van der Waals surface area contributed by atoms with Crippen LogP contribution in [0.25, 0.3) is 11.2 Å². The number of hydrogen-bond acceptors (Lipinski definition) is 13. The van der Waals surface area contributed by atoms with Crippen LogP contribution in [0.3, 0.4) is 0 Å². The molecule has 3 aromatic rings. The number of ketones is 1. The Hall–Kier alpha value is -3.97. The highest BCUT2D eigenvalue weighted by atomic mass is 31.2. The Labute approximate surface area is 277 Å². The van der Waals surface area contributed by atoms with Crippen molar-refractivity contribution in [1.82, 2.24) is 24.6 Å². The lowest BCUT2D eigenvalue weighted by Crippen LogP contribution is -2.42. The van der Waals surface area contributed by atoms with Crippen LogP contribution in [0.4, 0.5) is 10.2 Å². The van der Waals surface area contributed by atoms with Gasteiger partial charge in [0.25, 0.3) is 0 Å². The lowest BCUT2D eigenvalue weighted by Gasteiger charge is -2.26. The standard InChI is InChI=1S/C31H40FN6O9P/c1-8-31(32)26(41)24(46-30(31)38-17-33-25-27(37(6)7)34-20(5)35-28(25)38)16-44-48(43,36-19(4)29(42)45-18(2)3)47-23-12-10-9-11-21(23)13-14-22(40)15-39/h1,9-12,17-19,24,26,30,39,41H,13-16H2,2-7H3,(H,36,43)/t19-,24+,26+,30+,31+,48?/m0/s1. The maximum absolute atomic E-state index is 16.4. The van der Waals surface area contributed by atoms with Crippen molar-refractivity contribution in [2.75, 3.05) is 32.2 Å². The van der Waals surface area contributed by atoms with E-state index >= 15 is 4.39 Å². The number of aliphatic hydroxyl groups excluding tert-OH is 2. The van der Waals surface area contributed by atoms with Gasteiger partial charge >= 0.3 is 13.7 Å². The van der Waals surface area contributed by atoms with Crippen LogP contribution in [0.2, 0.25) is 0 Å². The van der Waals surface area contributed by atoms with Crippen molar-refractivity contribution in [2.45, 2.75) is 76.8 Å². The Morgan fingerprint density at radius 3 is 2.62 bits per heavy atom. The van der Waals surface area contributed by atoms with E-state index in [0.29, 0.717) is 22.7 Å². The van der Waals surface area contributed by atoms with E-state index in [-0.39, 0.29) is 24.2 Å². The van der Waals surface area contributed by atoms with Gasteiger partial charge in [-0.05, 0) is 45.7 Å². The van der Waals surface area contributed by atoms with E-state index in [2.05, 4.69) is 20.0 Å². The van der Waals surface area contributed by atoms with Crippen molar-refractivity contribution < 1.29 is 47.3 Å². The number of carbonyl (C=O) groups is 2. The monoisotopic (exact) mass is 690 g/mol. The van der Waals surface area contributed by atoms with E-state index < -0.39 is 69.0 Å². The lowest BCUT2D eigenvalue weighted by molar-refractivity contribution is -0.149. The predicted molar refractivity (Wildman–Crippen MR) is 172 cm³/mol. The highest BCUT2D eigenvalue weighted by Crippen LogP contribution is 2.49. The summed E-state index contributed by atoms with van der Waals surface area (Å²) in [7, 11) is -1.03. The number of carbonyl (C=O) groups excluding carboxylic acids is 2. The van der Waals surface area contributed by atoms with Crippen LogP contribution in [0.1, 0.15) is 44.8 Å². The fourth-order valence-electron chi connectivity index (χ4n) is 4.97. The minimum atomic E-state index is -4.54. The number of fused-ring (bicyclic) bond motifs is 1. The van der Waals surface area contributed by atoms with Crippen LogP contribution < -0.4 is 14.5 Å². The number of benzene rings is 1. The highest BCUT2D eigenvalue weighted by Gasteiger charge is 2.58. The minimum Gasteiger partial charge on any atom is -0.462 e. The first-order valence-corrected chi connectivity index (χ1v) is 16.7. The number of ether oxygens (including phenoxy) is 2. The van der Waals surface area contributed by atoms with Crippen molar-refractivity contribution in [1.29, 1.82) is 0 Å². The van der Waals surface area contributed by atoms with Gasteiger partial charge in [0.1, 0.15) is 36.4 Å². The first kappa shape index (κ1) is 36.9. The Morgan fingerprint density at radius 2 is 1.98 bits per heavy atom. The molecule has 2 aromatic heterocycles. The second-order valence-electron chi connectivity index (χ2n) is 11.7. The van der Waals surface area contributed by atoms with Gasteiger partial charge in [-0.1, -0.05) is 24.1 Å². The van der Waals surface area contributed by atoms with Crippen molar-refractivity contribution >= 4 is 36.5 Å². The third kappa shape index (κ3) is 8.00. The van der Waals surface area contributed by atoms with Gasteiger partial charge in [-0.25, -0.2) is 23.9 Å². The number of hydrogen-bond donors (Lipinski definition) is 3. The summed E-state index contributed by atoms with van der Waals surface area (Å²) in [6, 6.07) is 5.16. The quantitative estimate of drug-likeness (QED) is 0.120. The second kappa shape index (κ2) is 15.1. The number of aliphatic hydroxyl groups is 2. The fourth-order valence-corrected chi connectivity index (χ4v) is 6.51. The predicted octanol–water partition coefficient (Wildman–Crippen LogP) is 2.43. The minimum absolute atomic E-state index is 0.0237. The molecule has 0 aliphatic carbocycles. The van der Waals surface area contributed by atoms with Crippen LogP contribution in [0.5, 0.6) is 5.75 Å². The molecule has 6 atom stereocenters. The number of alkyl halides is 1. The number of terminal acetylenes is 1. The molecule has 0 spiro atoms. The Morgan fingerprint density at radius 1 is 1.27 bits per heavy atom. The van der Waals surface area contributed by atoms with Crippen LogP contribution in [-0.2, 0) is 34.6 Å². The van der Waals surface area contributed by atoms with Gasteiger partial charge in [0, 0.05) is 20.5 Å². The number of para-hydroxylation sites is 1. The topological polar surface area (TPSA) is 187 Å². The normalized spacial score (nSPS) is 22.6. The van der Waals surface area contributed by atoms with Gasteiger partial charge in [0.05, 0.1) is 19.0 Å². The molecule has 0 bridgehead atoms. The van der Waals surface area contributed by atoms with E-state index in [1.54, 1.807) is 58.0 Å². The summed E-state index contributed by atoms with van der Waals surface area (Å²) in [5.74, 6) is 1.71. The smallest absolute Gasteiger partial charge is 0.459 e. The van der Waals surface area contributed by atoms with Crippen LogP contribution in [0.15, 0.2) is 30.6 Å².